The van der Waals surface area contributed by atoms with Crippen LogP contribution >= 0.6 is 0 Å². The normalized spacial score (nSPS) is 10.6. The fourth-order valence-electron chi connectivity index (χ4n) is 3.03. The molecule has 31 heavy (non-hydrogen) atoms. The number of fused-ring (bicyclic) bond motifs is 1. The number of ether oxygens (including phenoxy) is 3. The van der Waals surface area contributed by atoms with Gasteiger partial charge in [-0.1, -0.05) is 17.7 Å². The lowest BCUT2D eigenvalue weighted by molar-refractivity contribution is -0.136. The molecule has 0 unspecified atom stereocenters. The van der Waals surface area contributed by atoms with Crippen molar-refractivity contribution >= 4 is 16.9 Å². The van der Waals surface area contributed by atoms with Gasteiger partial charge in [-0.05, 0) is 61.5 Å². The molecule has 3 aromatic carbocycles. The van der Waals surface area contributed by atoms with Crippen LogP contribution in [0.5, 0.6) is 17.2 Å². The van der Waals surface area contributed by atoms with Crippen molar-refractivity contribution in [3.63, 3.8) is 0 Å². The molecule has 4 rings (SSSR count). The fourth-order valence-corrected chi connectivity index (χ4v) is 3.03. The van der Waals surface area contributed by atoms with Crippen LogP contribution in [0.15, 0.2) is 82.0 Å². The van der Waals surface area contributed by atoms with Gasteiger partial charge in [0.05, 0.1) is 12.5 Å². The quantitative estimate of drug-likeness (QED) is 0.333. The summed E-state index contributed by atoms with van der Waals surface area (Å²) in [5, 5.41) is 0.321. The van der Waals surface area contributed by atoms with Crippen molar-refractivity contribution in [1.82, 2.24) is 0 Å². The first kappa shape index (κ1) is 20.2. The van der Waals surface area contributed by atoms with E-state index in [0.29, 0.717) is 28.2 Å². The standard InChI is InChI=1S/C25H20O6/c1-16-3-7-19(8-4-16)29-15-25(27)30-20-11-12-23-21(13-20)22(26)14-24(31-23)17-5-9-18(28-2)10-6-17/h3-14H,15H2,1-2H3. The number of aryl methyl sites for hydroxylation is 1. The summed E-state index contributed by atoms with van der Waals surface area (Å²) in [4.78, 5) is 24.7. The third kappa shape index (κ3) is 4.75. The lowest BCUT2D eigenvalue weighted by Gasteiger charge is -2.08. The van der Waals surface area contributed by atoms with Crippen LogP contribution in [0.2, 0.25) is 0 Å². The van der Waals surface area contributed by atoms with E-state index in [0.717, 1.165) is 11.1 Å². The first-order chi connectivity index (χ1) is 15.0. The fraction of sp³-hybridized carbons (Fsp3) is 0.120. The van der Waals surface area contributed by atoms with Crippen LogP contribution in [0.25, 0.3) is 22.3 Å². The molecule has 0 fully saturated rings. The molecular weight excluding hydrogens is 396 g/mol. The summed E-state index contributed by atoms with van der Waals surface area (Å²) in [6.45, 7) is 1.72. The molecule has 0 atom stereocenters. The average molecular weight is 416 g/mol. The van der Waals surface area contributed by atoms with E-state index in [4.69, 9.17) is 18.6 Å². The van der Waals surface area contributed by atoms with E-state index in [1.807, 2.05) is 31.2 Å². The maximum absolute atomic E-state index is 12.6. The van der Waals surface area contributed by atoms with Gasteiger partial charge in [-0.2, -0.15) is 0 Å². The van der Waals surface area contributed by atoms with Crippen molar-refractivity contribution in [2.45, 2.75) is 6.92 Å². The lowest BCUT2D eigenvalue weighted by atomic mass is 10.1. The van der Waals surface area contributed by atoms with Gasteiger partial charge in [0.25, 0.3) is 0 Å². The number of carbonyl (C=O) groups is 1. The number of esters is 1. The molecule has 6 nitrogen and oxygen atoms in total. The van der Waals surface area contributed by atoms with Crippen molar-refractivity contribution in [2.24, 2.45) is 0 Å². The van der Waals surface area contributed by atoms with Gasteiger partial charge in [-0.25, -0.2) is 4.79 Å². The van der Waals surface area contributed by atoms with Crippen molar-refractivity contribution in [3.05, 3.63) is 88.6 Å². The Morgan fingerprint density at radius 3 is 2.26 bits per heavy atom. The first-order valence-electron chi connectivity index (χ1n) is 9.64. The Morgan fingerprint density at radius 1 is 0.871 bits per heavy atom. The Kier molecular flexibility index (Phi) is 5.71. The molecule has 0 spiro atoms. The molecule has 1 heterocycles. The van der Waals surface area contributed by atoms with Crippen LogP contribution in [0.4, 0.5) is 0 Å². The van der Waals surface area contributed by atoms with Crippen LogP contribution in [-0.4, -0.2) is 19.7 Å². The number of hydrogen-bond donors (Lipinski definition) is 0. The Labute approximate surface area is 178 Å². The molecule has 0 radical (unpaired) electrons. The summed E-state index contributed by atoms with van der Waals surface area (Å²) in [5.74, 6) is 1.41. The van der Waals surface area contributed by atoms with Gasteiger partial charge >= 0.3 is 5.97 Å². The second kappa shape index (κ2) is 8.75. The van der Waals surface area contributed by atoms with Gasteiger partial charge in [0.2, 0.25) is 0 Å². The summed E-state index contributed by atoms with van der Waals surface area (Å²) in [7, 11) is 1.59. The van der Waals surface area contributed by atoms with Crippen LogP contribution in [0.1, 0.15) is 5.56 Å². The van der Waals surface area contributed by atoms with E-state index < -0.39 is 5.97 Å². The van der Waals surface area contributed by atoms with Gasteiger partial charge in [-0.15, -0.1) is 0 Å². The van der Waals surface area contributed by atoms with Crippen molar-refractivity contribution in [2.75, 3.05) is 13.7 Å². The molecule has 0 N–H and O–H groups in total. The highest BCUT2D eigenvalue weighted by Gasteiger charge is 2.11. The predicted octanol–water partition coefficient (Wildman–Crippen LogP) is 4.76. The smallest absolute Gasteiger partial charge is 0.349 e. The minimum Gasteiger partial charge on any atom is -0.497 e. The molecule has 6 heteroatoms. The van der Waals surface area contributed by atoms with Gasteiger partial charge in [0.15, 0.2) is 12.0 Å². The number of rotatable bonds is 6. The highest BCUT2D eigenvalue weighted by atomic mass is 16.6. The zero-order chi connectivity index (χ0) is 21.8. The van der Waals surface area contributed by atoms with Crippen LogP contribution in [-0.2, 0) is 4.79 Å². The topological polar surface area (TPSA) is 75.0 Å². The number of hydrogen-bond acceptors (Lipinski definition) is 6. The summed E-state index contributed by atoms with van der Waals surface area (Å²) in [6, 6.07) is 20.6. The molecule has 156 valence electrons. The highest BCUT2D eigenvalue weighted by Crippen LogP contribution is 2.26. The van der Waals surface area contributed by atoms with E-state index in [-0.39, 0.29) is 17.8 Å². The molecule has 0 aliphatic rings. The Balaban J connectivity index is 1.49. The number of benzene rings is 3. The van der Waals surface area contributed by atoms with Gasteiger partial charge in [-0.3, -0.25) is 4.79 Å². The number of carbonyl (C=O) groups excluding carboxylic acids is 1. The van der Waals surface area contributed by atoms with Crippen molar-refractivity contribution in [3.8, 4) is 28.6 Å². The molecule has 4 aromatic rings. The molecule has 0 amide bonds. The molecule has 0 aliphatic heterocycles. The lowest BCUT2D eigenvalue weighted by Crippen LogP contribution is -2.17. The monoisotopic (exact) mass is 416 g/mol. The van der Waals surface area contributed by atoms with Crippen molar-refractivity contribution in [1.29, 1.82) is 0 Å². The summed E-state index contributed by atoms with van der Waals surface area (Å²) < 4.78 is 21.7. The predicted molar refractivity (Wildman–Crippen MR) is 117 cm³/mol. The maximum Gasteiger partial charge on any atom is 0.349 e. The maximum atomic E-state index is 12.6. The average Bonchev–Trinajstić information content (AvgIpc) is 2.79. The minimum atomic E-state index is -0.570. The largest absolute Gasteiger partial charge is 0.497 e. The SMILES string of the molecule is COc1ccc(-c2cc(=O)c3cc(OC(=O)COc4ccc(C)cc4)ccc3o2)cc1. The van der Waals surface area contributed by atoms with Gasteiger partial charge in [0.1, 0.15) is 28.6 Å². The van der Waals surface area contributed by atoms with E-state index in [2.05, 4.69) is 0 Å². The first-order valence-corrected chi connectivity index (χ1v) is 9.64. The van der Waals surface area contributed by atoms with Crippen molar-refractivity contribution < 1.29 is 23.4 Å². The molecule has 0 saturated carbocycles. The zero-order valence-corrected chi connectivity index (χ0v) is 17.1. The van der Waals surface area contributed by atoms with Crippen LogP contribution in [0.3, 0.4) is 0 Å². The van der Waals surface area contributed by atoms with Gasteiger partial charge < -0.3 is 18.6 Å². The summed E-state index contributed by atoms with van der Waals surface area (Å²) >= 11 is 0. The van der Waals surface area contributed by atoms with E-state index in [9.17, 15) is 9.59 Å². The third-order valence-corrected chi connectivity index (χ3v) is 4.68. The molecule has 0 aliphatic carbocycles. The molecule has 0 bridgehead atoms. The van der Waals surface area contributed by atoms with E-state index in [1.54, 1.807) is 43.5 Å². The number of methoxy groups -OCH3 is 1. The summed E-state index contributed by atoms with van der Waals surface area (Å²) in [5.41, 5.74) is 2.01. The molecule has 0 saturated heterocycles. The van der Waals surface area contributed by atoms with Crippen LogP contribution in [0, 0.1) is 6.92 Å². The Morgan fingerprint density at radius 2 is 1.55 bits per heavy atom. The Bertz CT molecular complexity index is 1270. The molecule has 1 aromatic heterocycles. The summed E-state index contributed by atoms with van der Waals surface area (Å²) in [6.07, 6.45) is 0. The second-order valence-corrected chi connectivity index (χ2v) is 6.94. The minimum absolute atomic E-state index is 0.235. The molecular formula is C25H20O6. The second-order valence-electron chi connectivity index (χ2n) is 6.94. The zero-order valence-electron chi connectivity index (χ0n) is 17.1. The third-order valence-electron chi connectivity index (χ3n) is 4.68. The van der Waals surface area contributed by atoms with E-state index >= 15 is 0 Å². The Hall–Kier alpha value is -4.06. The van der Waals surface area contributed by atoms with Crippen LogP contribution < -0.4 is 19.6 Å². The van der Waals surface area contributed by atoms with E-state index in [1.165, 1.54) is 12.1 Å². The van der Waals surface area contributed by atoms with Gasteiger partial charge in [0, 0.05) is 11.6 Å². The highest BCUT2D eigenvalue weighted by molar-refractivity contribution is 5.82.